The molecule has 0 saturated heterocycles. The van der Waals surface area contributed by atoms with Gasteiger partial charge in [0, 0.05) is 41.1 Å². The molecule has 1 aromatic carbocycles. The molecule has 0 N–H and O–H groups in total. The maximum atomic E-state index is 4.50. The van der Waals surface area contributed by atoms with Gasteiger partial charge >= 0.3 is 0 Å². The van der Waals surface area contributed by atoms with E-state index in [4.69, 9.17) is 0 Å². The first-order valence-corrected chi connectivity index (χ1v) is 6.02. The molecule has 2 heterocycles. The Labute approximate surface area is 106 Å². The Bertz CT molecular complexity index is 726. The van der Waals surface area contributed by atoms with E-state index < -0.39 is 0 Å². The molecule has 18 heavy (non-hydrogen) atoms. The lowest BCUT2D eigenvalue weighted by atomic mass is 10.0. The SMILES string of the molecule is Cc1ncc(-c2cnn(C)c2C)c2ccccc12. The second kappa shape index (κ2) is 3.95. The Kier molecular flexibility index (Phi) is 2.40. The first kappa shape index (κ1) is 11.0. The molecule has 0 saturated carbocycles. The Hall–Kier alpha value is -2.16. The highest BCUT2D eigenvalue weighted by molar-refractivity contribution is 5.97. The number of hydrogen-bond donors (Lipinski definition) is 0. The van der Waals surface area contributed by atoms with E-state index in [1.54, 1.807) is 0 Å². The molecule has 2 aromatic heterocycles. The lowest BCUT2D eigenvalue weighted by Gasteiger charge is -2.07. The third-order valence-electron chi connectivity index (χ3n) is 3.52. The second-order valence-corrected chi connectivity index (χ2v) is 4.57. The van der Waals surface area contributed by atoms with E-state index in [2.05, 4.69) is 41.3 Å². The van der Waals surface area contributed by atoms with Crippen molar-refractivity contribution in [3.8, 4) is 11.1 Å². The lowest BCUT2D eigenvalue weighted by molar-refractivity contribution is 0.740. The molecular formula is C15H15N3. The van der Waals surface area contributed by atoms with Crippen molar-refractivity contribution in [2.75, 3.05) is 0 Å². The van der Waals surface area contributed by atoms with Crippen LogP contribution in [0.15, 0.2) is 36.7 Å². The summed E-state index contributed by atoms with van der Waals surface area (Å²) in [5.74, 6) is 0. The number of rotatable bonds is 1. The molecule has 0 fully saturated rings. The Balaban J connectivity index is 2.37. The molecule has 0 spiro atoms. The minimum Gasteiger partial charge on any atom is -0.272 e. The van der Waals surface area contributed by atoms with Gasteiger partial charge in [-0.2, -0.15) is 5.10 Å². The quantitative estimate of drug-likeness (QED) is 0.650. The van der Waals surface area contributed by atoms with Gasteiger partial charge in [0.15, 0.2) is 0 Å². The average molecular weight is 237 g/mol. The van der Waals surface area contributed by atoms with Crippen LogP contribution in [-0.2, 0) is 7.05 Å². The van der Waals surface area contributed by atoms with E-state index in [-0.39, 0.29) is 0 Å². The smallest absolute Gasteiger partial charge is 0.0571 e. The van der Waals surface area contributed by atoms with Gasteiger partial charge < -0.3 is 0 Å². The van der Waals surface area contributed by atoms with E-state index in [1.165, 1.54) is 10.8 Å². The fourth-order valence-electron chi connectivity index (χ4n) is 2.31. The van der Waals surface area contributed by atoms with Gasteiger partial charge in [-0.3, -0.25) is 9.67 Å². The highest BCUT2D eigenvalue weighted by atomic mass is 15.3. The third-order valence-corrected chi connectivity index (χ3v) is 3.52. The van der Waals surface area contributed by atoms with Crippen molar-refractivity contribution < 1.29 is 0 Å². The van der Waals surface area contributed by atoms with E-state index >= 15 is 0 Å². The van der Waals surface area contributed by atoms with Crippen LogP contribution in [0.5, 0.6) is 0 Å². The van der Waals surface area contributed by atoms with Crippen molar-refractivity contribution >= 4 is 10.8 Å². The summed E-state index contributed by atoms with van der Waals surface area (Å²) >= 11 is 0. The topological polar surface area (TPSA) is 30.7 Å². The van der Waals surface area contributed by atoms with E-state index in [0.29, 0.717) is 0 Å². The highest BCUT2D eigenvalue weighted by Gasteiger charge is 2.11. The Morgan fingerprint density at radius 1 is 0.944 bits per heavy atom. The molecular weight excluding hydrogens is 222 g/mol. The first-order valence-electron chi connectivity index (χ1n) is 6.02. The van der Waals surface area contributed by atoms with E-state index in [0.717, 1.165) is 22.5 Å². The van der Waals surface area contributed by atoms with Crippen molar-refractivity contribution in [1.82, 2.24) is 14.8 Å². The van der Waals surface area contributed by atoms with Crippen LogP contribution in [0.25, 0.3) is 21.9 Å². The predicted molar refractivity (Wildman–Crippen MR) is 73.4 cm³/mol. The highest BCUT2D eigenvalue weighted by Crippen LogP contribution is 2.30. The van der Waals surface area contributed by atoms with Gasteiger partial charge in [0.05, 0.1) is 6.20 Å². The summed E-state index contributed by atoms with van der Waals surface area (Å²) in [5, 5.41) is 6.75. The second-order valence-electron chi connectivity index (χ2n) is 4.57. The molecule has 3 heteroatoms. The molecule has 3 nitrogen and oxygen atoms in total. The monoisotopic (exact) mass is 237 g/mol. The van der Waals surface area contributed by atoms with Crippen molar-refractivity contribution in [1.29, 1.82) is 0 Å². The maximum Gasteiger partial charge on any atom is 0.0571 e. The van der Waals surface area contributed by atoms with E-state index in [9.17, 15) is 0 Å². The molecule has 0 amide bonds. The van der Waals surface area contributed by atoms with Crippen LogP contribution < -0.4 is 0 Å². The number of benzene rings is 1. The van der Waals surface area contributed by atoms with Gasteiger partial charge in [-0.05, 0) is 19.2 Å². The first-order chi connectivity index (χ1) is 8.68. The molecule has 3 aromatic rings. The summed E-state index contributed by atoms with van der Waals surface area (Å²) < 4.78 is 1.89. The van der Waals surface area contributed by atoms with Crippen molar-refractivity contribution in [3.63, 3.8) is 0 Å². The molecule has 3 rings (SSSR count). The Morgan fingerprint density at radius 3 is 2.33 bits per heavy atom. The standard InChI is InChI=1S/C15H15N3/c1-10-12-6-4-5-7-13(12)15(8-16-10)14-9-17-18(3)11(14)2/h4-9H,1-3H3. The number of nitrogens with zero attached hydrogens (tertiary/aromatic N) is 3. The summed E-state index contributed by atoms with van der Waals surface area (Å²) in [4.78, 5) is 4.50. The normalized spacial score (nSPS) is 11.1. The lowest BCUT2D eigenvalue weighted by Crippen LogP contribution is -1.93. The van der Waals surface area contributed by atoms with Gasteiger partial charge in [0.2, 0.25) is 0 Å². The fraction of sp³-hybridized carbons (Fsp3) is 0.200. The van der Waals surface area contributed by atoms with Crippen LogP contribution in [0.1, 0.15) is 11.4 Å². The fourth-order valence-corrected chi connectivity index (χ4v) is 2.31. The van der Waals surface area contributed by atoms with Gasteiger partial charge in [-0.15, -0.1) is 0 Å². The molecule has 0 radical (unpaired) electrons. The number of aryl methyl sites for hydroxylation is 2. The maximum absolute atomic E-state index is 4.50. The molecule has 0 bridgehead atoms. The van der Waals surface area contributed by atoms with Crippen LogP contribution >= 0.6 is 0 Å². The van der Waals surface area contributed by atoms with Gasteiger partial charge in [0.25, 0.3) is 0 Å². The summed E-state index contributed by atoms with van der Waals surface area (Å²) in [5.41, 5.74) is 4.53. The van der Waals surface area contributed by atoms with Crippen molar-refractivity contribution in [2.24, 2.45) is 7.05 Å². The Morgan fingerprint density at radius 2 is 1.67 bits per heavy atom. The molecule has 90 valence electrons. The number of hydrogen-bond acceptors (Lipinski definition) is 2. The van der Waals surface area contributed by atoms with Gasteiger partial charge in [-0.25, -0.2) is 0 Å². The molecule has 0 aliphatic rings. The number of pyridine rings is 1. The van der Waals surface area contributed by atoms with Gasteiger partial charge in [0.1, 0.15) is 0 Å². The summed E-state index contributed by atoms with van der Waals surface area (Å²) in [6.45, 7) is 4.12. The summed E-state index contributed by atoms with van der Waals surface area (Å²) in [6, 6.07) is 8.38. The van der Waals surface area contributed by atoms with Crippen molar-refractivity contribution in [3.05, 3.63) is 48.0 Å². The molecule has 0 atom stereocenters. The van der Waals surface area contributed by atoms with E-state index in [1.807, 2.05) is 31.0 Å². The minimum absolute atomic E-state index is 1.07. The summed E-state index contributed by atoms with van der Waals surface area (Å²) in [6.07, 6.45) is 3.86. The zero-order valence-corrected chi connectivity index (χ0v) is 10.8. The molecule has 0 unspecified atom stereocenters. The van der Waals surface area contributed by atoms with Crippen LogP contribution in [0.4, 0.5) is 0 Å². The summed E-state index contributed by atoms with van der Waals surface area (Å²) in [7, 11) is 1.96. The van der Waals surface area contributed by atoms with Crippen molar-refractivity contribution in [2.45, 2.75) is 13.8 Å². The molecule has 0 aliphatic heterocycles. The molecule has 0 aliphatic carbocycles. The van der Waals surface area contributed by atoms with Crippen LogP contribution in [0.2, 0.25) is 0 Å². The minimum atomic E-state index is 1.07. The number of fused-ring (bicyclic) bond motifs is 1. The van der Waals surface area contributed by atoms with Gasteiger partial charge in [-0.1, -0.05) is 24.3 Å². The zero-order chi connectivity index (χ0) is 12.7. The van der Waals surface area contributed by atoms with Crippen LogP contribution in [0.3, 0.4) is 0 Å². The third kappa shape index (κ3) is 1.51. The van der Waals surface area contributed by atoms with Crippen LogP contribution in [-0.4, -0.2) is 14.8 Å². The largest absolute Gasteiger partial charge is 0.272 e. The van der Waals surface area contributed by atoms with Crippen LogP contribution in [0, 0.1) is 13.8 Å². The number of aromatic nitrogens is 3. The average Bonchev–Trinajstić information content (AvgIpc) is 2.71. The zero-order valence-electron chi connectivity index (χ0n) is 10.8. The predicted octanol–water partition coefficient (Wildman–Crippen LogP) is 3.25.